The van der Waals surface area contributed by atoms with Gasteiger partial charge in [0.25, 0.3) is 5.91 Å². The first-order chi connectivity index (χ1) is 7.91. The van der Waals surface area contributed by atoms with Gasteiger partial charge in [-0.25, -0.2) is 8.78 Å². The standard InChI is InChI=1S/C11H11F2NO3/c1-6(11(16)17)5-14-10(15)7-2-3-8(12)9(13)4-7/h2-4,6H,5H2,1H3,(H,14,15)(H,16,17). The third kappa shape index (κ3) is 3.51. The predicted molar refractivity (Wildman–Crippen MR) is 55.5 cm³/mol. The summed E-state index contributed by atoms with van der Waals surface area (Å²) < 4.78 is 25.4. The smallest absolute Gasteiger partial charge is 0.308 e. The van der Waals surface area contributed by atoms with E-state index in [1.807, 2.05) is 0 Å². The van der Waals surface area contributed by atoms with E-state index in [0.29, 0.717) is 0 Å². The minimum absolute atomic E-state index is 0.0542. The monoisotopic (exact) mass is 243 g/mol. The molecule has 0 heterocycles. The molecule has 0 aromatic heterocycles. The van der Waals surface area contributed by atoms with Crippen molar-refractivity contribution in [2.75, 3.05) is 6.54 Å². The summed E-state index contributed by atoms with van der Waals surface area (Å²) in [7, 11) is 0. The maximum absolute atomic E-state index is 12.8. The molecule has 0 radical (unpaired) electrons. The van der Waals surface area contributed by atoms with Crippen LogP contribution in [0.3, 0.4) is 0 Å². The van der Waals surface area contributed by atoms with E-state index in [9.17, 15) is 18.4 Å². The van der Waals surface area contributed by atoms with Crippen LogP contribution in [0.5, 0.6) is 0 Å². The van der Waals surface area contributed by atoms with Crippen molar-refractivity contribution < 1.29 is 23.5 Å². The zero-order chi connectivity index (χ0) is 13.0. The second-order valence-electron chi connectivity index (χ2n) is 3.58. The van der Waals surface area contributed by atoms with Crippen LogP contribution in [0.25, 0.3) is 0 Å². The summed E-state index contributed by atoms with van der Waals surface area (Å²) in [5.41, 5.74) is -0.0542. The number of aliphatic carboxylic acids is 1. The van der Waals surface area contributed by atoms with Gasteiger partial charge in [-0.3, -0.25) is 9.59 Å². The number of halogens is 2. The number of hydrogen-bond donors (Lipinski definition) is 2. The first kappa shape index (κ1) is 13.1. The van der Waals surface area contributed by atoms with Gasteiger partial charge < -0.3 is 10.4 Å². The molecule has 0 aliphatic carbocycles. The number of rotatable bonds is 4. The van der Waals surface area contributed by atoms with E-state index in [-0.39, 0.29) is 12.1 Å². The fourth-order valence-electron chi connectivity index (χ4n) is 1.07. The van der Waals surface area contributed by atoms with Crippen LogP contribution in [-0.2, 0) is 4.79 Å². The van der Waals surface area contributed by atoms with E-state index in [1.165, 1.54) is 6.92 Å². The summed E-state index contributed by atoms with van der Waals surface area (Å²) in [6.45, 7) is 1.35. The number of hydrogen-bond acceptors (Lipinski definition) is 2. The zero-order valence-electron chi connectivity index (χ0n) is 9.04. The molecule has 92 valence electrons. The van der Waals surface area contributed by atoms with Gasteiger partial charge in [0.05, 0.1) is 5.92 Å². The Morgan fingerprint density at radius 2 is 2.00 bits per heavy atom. The maximum Gasteiger partial charge on any atom is 0.308 e. The Morgan fingerprint density at radius 1 is 1.35 bits per heavy atom. The highest BCUT2D eigenvalue weighted by molar-refractivity contribution is 5.94. The minimum atomic E-state index is -1.12. The molecule has 17 heavy (non-hydrogen) atoms. The first-order valence-electron chi connectivity index (χ1n) is 4.88. The molecule has 4 nitrogen and oxygen atoms in total. The van der Waals surface area contributed by atoms with Gasteiger partial charge in [0.15, 0.2) is 11.6 Å². The number of benzene rings is 1. The summed E-state index contributed by atoms with van der Waals surface area (Å²) in [5, 5.41) is 10.9. The lowest BCUT2D eigenvalue weighted by Gasteiger charge is -2.08. The molecule has 0 bridgehead atoms. The first-order valence-corrected chi connectivity index (χ1v) is 4.88. The summed E-state index contributed by atoms with van der Waals surface area (Å²) in [4.78, 5) is 21.9. The number of carbonyl (C=O) groups is 2. The topological polar surface area (TPSA) is 66.4 Å². The van der Waals surface area contributed by atoms with Crippen molar-refractivity contribution in [3.05, 3.63) is 35.4 Å². The van der Waals surface area contributed by atoms with E-state index in [1.54, 1.807) is 0 Å². The highest BCUT2D eigenvalue weighted by Crippen LogP contribution is 2.08. The number of nitrogens with one attached hydrogen (secondary N) is 1. The molecule has 1 rings (SSSR count). The van der Waals surface area contributed by atoms with Gasteiger partial charge >= 0.3 is 5.97 Å². The van der Waals surface area contributed by atoms with E-state index >= 15 is 0 Å². The summed E-state index contributed by atoms with van der Waals surface area (Å²) >= 11 is 0. The quantitative estimate of drug-likeness (QED) is 0.840. The van der Waals surface area contributed by atoms with Crippen molar-refractivity contribution in [2.45, 2.75) is 6.92 Å². The van der Waals surface area contributed by atoms with Gasteiger partial charge in [-0.2, -0.15) is 0 Å². The Balaban J connectivity index is 2.64. The minimum Gasteiger partial charge on any atom is -0.481 e. The third-order valence-corrected chi connectivity index (χ3v) is 2.17. The van der Waals surface area contributed by atoms with E-state index in [2.05, 4.69) is 5.32 Å². The van der Waals surface area contributed by atoms with Gasteiger partial charge in [0.2, 0.25) is 0 Å². The maximum atomic E-state index is 12.8. The number of carboxylic acids is 1. The van der Waals surface area contributed by atoms with Crippen LogP contribution in [0.15, 0.2) is 18.2 Å². The van der Waals surface area contributed by atoms with Crippen LogP contribution in [-0.4, -0.2) is 23.5 Å². The van der Waals surface area contributed by atoms with Crippen molar-refractivity contribution in [1.29, 1.82) is 0 Å². The highest BCUT2D eigenvalue weighted by atomic mass is 19.2. The second-order valence-corrected chi connectivity index (χ2v) is 3.58. The molecule has 1 aromatic carbocycles. The molecule has 0 saturated carbocycles. The van der Waals surface area contributed by atoms with Crippen LogP contribution in [0.2, 0.25) is 0 Å². The Labute approximate surface area is 96.3 Å². The van der Waals surface area contributed by atoms with Crippen molar-refractivity contribution >= 4 is 11.9 Å². The zero-order valence-corrected chi connectivity index (χ0v) is 9.04. The molecule has 1 atom stereocenters. The largest absolute Gasteiger partial charge is 0.481 e. The van der Waals surface area contributed by atoms with Gasteiger partial charge in [-0.15, -0.1) is 0 Å². The normalized spacial score (nSPS) is 11.9. The Kier molecular flexibility index (Phi) is 4.14. The van der Waals surface area contributed by atoms with E-state index < -0.39 is 29.4 Å². The van der Waals surface area contributed by atoms with Crippen LogP contribution < -0.4 is 5.32 Å². The summed E-state index contributed by atoms with van der Waals surface area (Å²) in [6, 6.07) is 2.72. The fourth-order valence-corrected chi connectivity index (χ4v) is 1.07. The predicted octanol–water partition coefficient (Wildman–Crippen LogP) is 1.42. The molecule has 1 unspecified atom stereocenters. The number of amides is 1. The molecule has 2 N–H and O–H groups in total. The molecule has 0 aliphatic rings. The SMILES string of the molecule is CC(CNC(=O)c1ccc(F)c(F)c1)C(=O)O. The molecule has 1 amide bonds. The van der Waals surface area contributed by atoms with Gasteiger partial charge in [0.1, 0.15) is 0 Å². The summed E-state index contributed by atoms with van der Waals surface area (Å²) in [5.74, 6) is -4.60. The fraction of sp³-hybridized carbons (Fsp3) is 0.273. The van der Waals surface area contributed by atoms with Gasteiger partial charge in [0, 0.05) is 12.1 Å². The Bertz CT molecular complexity index is 448. The van der Waals surface area contributed by atoms with Gasteiger partial charge in [-0.1, -0.05) is 6.92 Å². The van der Waals surface area contributed by atoms with Crippen molar-refractivity contribution in [2.24, 2.45) is 5.92 Å². The Morgan fingerprint density at radius 3 is 2.53 bits per heavy atom. The van der Waals surface area contributed by atoms with Crippen molar-refractivity contribution in [3.63, 3.8) is 0 Å². The third-order valence-electron chi connectivity index (χ3n) is 2.17. The number of carbonyl (C=O) groups excluding carboxylic acids is 1. The van der Waals surface area contributed by atoms with Crippen LogP contribution >= 0.6 is 0 Å². The molecule has 6 heteroatoms. The summed E-state index contributed by atoms with van der Waals surface area (Å²) in [6.07, 6.45) is 0. The molecule has 0 aliphatic heterocycles. The average Bonchev–Trinajstić information content (AvgIpc) is 2.28. The molecule has 0 saturated heterocycles. The molecule has 1 aromatic rings. The second kappa shape index (κ2) is 5.38. The average molecular weight is 243 g/mol. The lowest BCUT2D eigenvalue weighted by molar-refractivity contribution is -0.140. The van der Waals surface area contributed by atoms with Crippen LogP contribution in [0.1, 0.15) is 17.3 Å². The van der Waals surface area contributed by atoms with Crippen LogP contribution in [0, 0.1) is 17.6 Å². The van der Waals surface area contributed by atoms with Crippen molar-refractivity contribution in [1.82, 2.24) is 5.32 Å². The van der Waals surface area contributed by atoms with Crippen LogP contribution in [0.4, 0.5) is 8.78 Å². The number of carboxylic acid groups (broad SMARTS) is 1. The highest BCUT2D eigenvalue weighted by Gasteiger charge is 2.14. The van der Waals surface area contributed by atoms with E-state index in [0.717, 1.165) is 18.2 Å². The molecular formula is C11H11F2NO3. The van der Waals surface area contributed by atoms with Crippen molar-refractivity contribution in [3.8, 4) is 0 Å². The molecular weight excluding hydrogens is 232 g/mol. The Hall–Kier alpha value is -1.98. The van der Waals surface area contributed by atoms with E-state index in [4.69, 9.17) is 5.11 Å². The lowest BCUT2D eigenvalue weighted by Crippen LogP contribution is -2.31. The molecule has 0 fully saturated rings. The molecule has 0 spiro atoms. The van der Waals surface area contributed by atoms with Gasteiger partial charge in [-0.05, 0) is 18.2 Å². The lowest BCUT2D eigenvalue weighted by atomic mass is 10.1.